The summed E-state index contributed by atoms with van der Waals surface area (Å²) in [5.74, 6) is 2.92. The second-order valence-corrected chi connectivity index (χ2v) is 9.43. The molecule has 0 radical (unpaired) electrons. The molecule has 4 fully saturated rings. The van der Waals surface area contributed by atoms with Gasteiger partial charge in [0.15, 0.2) is 0 Å². The van der Waals surface area contributed by atoms with Gasteiger partial charge >= 0.3 is 0 Å². The second-order valence-electron chi connectivity index (χ2n) is 9.43. The van der Waals surface area contributed by atoms with Crippen molar-refractivity contribution in [3.63, 3.8) is 0 Å². The smallest absolute Gasteiger partial charge is 0.115 e. The number of aryl methyl sites for hydroxylation is 1. The summed E-state index contributed by atoms with van der Waals surface area (Å²) in [4.78, 5) is 1.74. The fourth-order valence-electron chi connectivity index (χ4n) is 6.61. The zero-order valence-corrected chi connectivity index (χ0v) is 15.9. The number of rotatable bonds is 2. The van der Waals surface area contributed by atoms with E-state index in [0.717, 1.165) is 45.7 Å². The van der Waals surface area contributed by atoms with Crippen LogP contribution < -0.4 is 5.73 Å². The SMILES string of the molecule is Cc1cc2nn(-c3ccc(C45CC6CC(CC(C6)C4)C5)cc3)nc2cc1N. The van der Waals surface area contributed by atoms with Crippen LogP contribution in [0.5, 0.6) is 0 Å². The molecule has 4 heteroatoms. The van der Waals surface area contributed by atoms with E-state index in [1.54, 1.807) is 10.4 Å². The molecule has 2 N–H and O–H groups in total. The topological polar surface area (TPSA) is 56.7 Å². The lowest BCUT2D eigenvalue weighted by Crippen LogP contribution is -2.48. The number of fused-ring (bicyclic) bond motifs is 1. The second kappa shape index (κ2) is 5.34. The van der Waals surface area contributed by atoms with Gasteiger partial charge < -0.3 is 5.73 Å². The Bertz CT molecular complexity index is 956. The van der Waals surface area contributed by atoms with Gasteiger partial charge in [0.1, 0.15) is 11.0 Å². The van der Waals surface area contributed by atoms with E-state index in [0.29, 0.717) is 5.41 Å². The Morgan fingerprint density at radius 3 is 2.04 bits per heavy atom. The summed E-state index contributed by atoms with van der Waals surface area (Å²) < 4.78 is 0. The first-order valence-electron chi connectivity index (χ1n) is 10.3. The van der Waals surface area contributed by atoms with Crippen LogP contribution in [0, 0.1) is 24.7 Å². The van der Waals surface area contributed by atoms with E-state index < -0.39 is 0 Å². The van der Waals surface area contributed by atoms with Gasteiger partial charge in [0.05, 0.1) is 5.69 Å². The Morgan fingerprint density at radius 2 is 1.44 bits per heavy atom. The van der Waals surface area contributed by atoms with Gasteiger partial charge in [0.25, 0.3) is 0 Å². The third-order valence-corrected chi connectivity index (χ3v) is 7.52. The molecule has 7 rings (SSSR count). The summed E-state index contributed by atoms with van der Waals surface area (Å²) in [5.41, 5.74) is 12.6. The molecule has 4 saturated carbocycles. The Hall–Kier alpha value is -2.36. The molecule has 4 nitrogen and oxygen atoms in total. The Morgan fingerprint density at radius 1 is 0.889 bits per heavy atom. The average Bonchev–Trinajstić information content (AvgIpc) is 3.04. The molecule has 0 atom stereocenters. The van der Waals surface area contributed by atoms with Crippen LogP contribution in [0.3, 0.4) is 0 Å². The highest BCUT2D eigenvalue weighted by Crippen LogP contribution is 2.60. The number of nitrogens with two attached hydrogens (primary N) is 1. The fourth-order valence-corrected chi connectivity index (χ4v) is 6.61. The summed E-state index contributed by atoms with van der Waals surface area (Å²) in [7, 11) is 0. The molecule has 0 unspecified atom stereocenters. The Kier molecular flexibility index (Phi) is 3.10. The van der Waals surface area contributed by atoms with Crippen LogP contribution in [0.4, 0.5) is 5.69 Å². The average molecular weight is 358 g/mol. The minimum atomic E-state index is 0.446. The lowest BCUT2D eigenvalue weighted by molar-refractivity contribution is -0.00518. The molecule has 2 aromatic carbocycles. The number of nitrogen functional groups attached to an aromatic ring is 1. The molecule has 0 spiro atoms. The third kappa shape index (κ3) is 2.35. The Balaban J connectivity index is 1.35. The van der Waals surface area contributed by atoms with Crippen LogP contribution in [-0.4, -0.2) is 15.0 Å². The van der Waals surface area contributed by atoms with Gasteiger partial charge in [-0.05, 0) is 104 Å². The van der Waals surface area contributed by atoms with Crippen LogP contribution >= 0.6 is 0 Å². The number of hydrogen-bond acceptors (Lipinski definition) is 3. The van der Waals surface area contributed by atoms with E-state index in [1.165, 1.54) is 38.5 Å². The minimum Gasteiger partial charge on any atom is -0.398 e. The van der Waals surface area contributed by atoms with Crippen molar-refractivity contribution in [1.29, 1.82) is 0 Å². The lowest BCUT2D eigenvalue weighted by atomic mass is 9.48. The Labute approximate surface area is 159 Å². The molecule has 4 aliphatic rings. The molecule has 0 saturated heterocycles. The first-order valence-corrected chi connectivity index (χ1v) is 10.3. The van der Waals surface area contributed by atoms with Crippen molar-refractivity contribution in [2.24, 2.45) is 17.8 Å². The highest BCUT2D eigenvalue weighted by molar-refractivity contribution is 5.79. The van der Waals surface area contributed by atoms with Crippen molar-refractivity contribution in [2.45, 2.75) is 50.9 Å². The minimum absolute atomic E-state index is 0.446. The van der Waals surface area contributed by atoms with Crippen molar-refractivity contribution in [2.75, 3.05) is 5.73 Å². The zero-order chi connectivity index (χ0) is 18.2. The lowest BCUT2D eigenvalue weighted by Gasteiger charge is -2.57. The van der Waals surface area contributed by atoms with Gasteiger partial charge in [-0.2, -0.15) is 4.80 Å². The van der Waals surface area contributed by atoms with Crippen molar-refractivity contribution >= 4 is 16.7 Å². The van der Waals surface area contributed by atoms with E-state index >= 15 is 0 Å². The summed E-state index contributed by atoms with van der Waals surface area (Å²) >= 11 is 0. The molecular formula is C23H26N4. The fraction of sp³-hybridized carbons (Fsp3) is 0.478. The molecule has 0 amide bonds. The molecular weight excluding hydrogens is 332 g/mol. The van der Waals surface area contributed by atoms with Crippen molar-refractivity contribution in [3.8, 4) is 5.69 Å². The van der Waals surface area contributed by atoms with E-state index in [2.05, 4.69) is 34.5 Å². The number of aromatic nitrogens is 3. The van der Waals surface area contributed by atoms with Gasteiger partial charge in [-0.25, -0.2) is 0 Å². The predicted molar refractivity (Wildman–Crippen MR) is 108 cm³/mol. The molecule has 1 aromatic heterocycles. The highest BCUT2D eigenvalue weighted by Gasteiger charge is 2.51. The number of nitrogens with zero attached hydrogens (tertiary/aromatic N) is 3. The van der Waals surface area contributed by atoms with E-state index in [-0.39, 0.29) is 0 Å². The van der Waals surface area contributed by atoms with Crippen molar-refractivity contribution in [1.82, 2.24) is 15.0 Å². The quantitative estimate of drug-likeness (QED) is 0.671. The predicted octanol–water partition coefficient (Wildman–Crippen LogP) is 4.78. The standard InChI is InChI=1S/C23H26N4/c1-14-6-21-22(10-20(14)24)26-27(25-21)19-4-2-18(3-5-19)23-11-15-7-16(12-23)9-17(8-15)13-23/h2-6,10,15-17H,7-9,11-13,24H2,1H3. The van der Waals surface area contributed by atoms with Crippen LogP contribution in [0.15, 0.2) is 36.4 Å². The summed E-state index contributed by atoms with van der Waals surface area (Å²) in [6.07, 6.45) is 8.68. The molecule has 4 aliphatic carbocycles. The first kappa shape index (κ1) is 15.7. The van der Waals surface area contributed by atoms with Crippen LogP contribution in [0.1, 0.15) is 49.7 Å². The first-order chi connectivity index (χ1) is 13.1. The molecule has 27 heavy (non-hydrogen) atoms. The summed E-state index contributed by atoms with van der Waals surface area (Å²) in [5, 5.41) is 9.29. The molecule has 4 bridgehead atoms. The third-order valence-electron chi connectivity index (χ3n) is 7.52. The molecule has 1 heterocycles. The maximum absolute atomic E-state index is 6.02. The maximum Gasteiger partial charge on any atom is 0.115 e. The van der Waals surface area contributed by atoms with Crippen LogP contribution in [-0.2, 0) is 5.41 Å². The molecule has 3 aromatic rings. The molecule has 0 aliphatic heterocycles. The summed E-state index contributed by atoms with van der Waals surface area (Å²) in [6.45, 7) is 2.01. The van der Waals surface area contributed by atoms with E-state index in [9.17, 15) is 0 Å². The number of benzene rings is 2. The van der Waals surface area contributed by atoms with Gasteiger partial charge in [-0.1, -0.05) is 12.1 Å². The largest absolute Gasteiger partial charge is 0.398 e. The highest BCUT2D eigenvalue weighted by atomic mass is 15.5. The van der Waals surface area contributed by atoms with Gasteiger partial charge in [0.2, 0.25) is 0 Å². The van der Waals surface area contributed by atoms with Gasteiger partial charge in [-0.3, -0.25) is 0 Å². The van der Waals surface area contributed by atoms with Crippen molar-refractivity contribution in [3.05, 3.63) is 47.5 Å². The number of hydrogen-bond donors (Lipinski definition) is 1. The maximum atomic E-state index is 6.02. The van der Waals surface area contributed by atoms with Crippen LogP contribution in [0.2, 0.25) is 0 Å². The van der Waals surface area contributed by atoms with Gasteiger partial charge in [-0.15, -0.1) is 10.2 Å². The monoisotopic (exact) mass is 358 g/mol. The normalized spacial score (nSPS) is 31.7. The molecule has 138 valence electrons. The van der Waals surface area contributed by atoms with Gasteiger partial charge in [0, 0.05) is 5.69 Å². The van der Waals surface area contributed by atoms with E-state index in [4.69, 9.17) is 5.73 Å². The van der Waals surface area contributed by atoms with Crippen molar-refractivity contribution < 1.29 is 0 Å². The summed E-state index contributed by atoms with van der Waals surface area (Å²) in [6, 6.07) is 13.0. The van der Waals surface area contributed by atoms with E-state index in [1.807, 2.05) is 19.1 Å². The van der Waals surface area contributed by atoms with Crippen LogP contribution in [0.25, 0.3) is 16.7 Å². The number of anilines is 1. The zero-order valence-electron chi connectivity index (χ0n) is 15.9.